The first-order valence-electron chi connectivity index (χ1n) is 6.06. The lowest BCUT2D eigenvalue weighted by Crippen LogP contribution is -2.43. The molecule has 2 N–H and O–H groups in total. The van der Waals surface area contributed by atoms with Crippen LogP contribution < -0.4 is 5.73 Å². The van der Waals surface area contributed by atoms with Crippen molar-refractivity contribution in [3.05, 3.63) is 0 Å². The summed E-state index contributed by atoms with van der Waals surface area (Å²) in [6.07, 6.45) is 2.63. The summed E-state index contributed by atoms with van der Waals surface area (Å²) in [7, 11) is 0. The zero-order chi connectivity index (χ0) is 11.2. The monoisotopic (exact) mass is 259 g/mol. The van der Waals surface area contributed by atoms with Crippen molar-refractivity contribution >= 4 is 29.5 Å². The SMILES string of the molecule is NC(=NCC1CCSCC1)N1CCSCC1. The molecule has 3 nitrogen and oxygen atoms in total. The van der Waals surface area contributed by atoms with Crippen molar-refractivity contribution in [2.45, 2.75) is 12.8 Å². The Morgan fingerprint density at radius 3 is 2.44 bits per heavy atom. The van der Waals surface area contributed by atoms with Crippen LogP contribution in [0.4, 0.5) is 0 Å². The molecule has 2 heterocycles. The van der Waals surface area contributed by atoms with E-state index >= 15 is 0 Å². The highest BCUT2D eigenvalue weighted by Gasteiger charge is 2.15. The second kappa shape index (κ2) is 6.64. The third-order valence-corrected chi connectivity index (χ3v) is 5.18. The number of hydrogen-bond acceptors (Lipinski definition) is 3. The second-order valence-electron chi connectivity index (χ2n) is 4.35. The van der Waals surface area contributed by atoms with Crippen molar-refractivity contribution < 1.29 is 0 Å². The number of rotatable bonds is 2. The van der Waals surface area contributed by atoms with Gasteiger partial charge in [-0.3, -0.25) is 4.99 Å². The van der Waals surface area contributed by atoms with Crippen LogP contribution in [0.1, 0.15) is 12.8 Å². The number of nitrogens with two attached hydrogens (primary N) is 1. The fourth-order valence-electron chi connectivity index (χ4n) is 2.04. The van der Waals surface area contributed by atoms with Crippen LogP contribution in [-0.4, -0.2) is 53.5 Å². The summed E-state index contributed by atoms with van der Waals surface area (Å²) in [4.78, 5) is 6.80. The van der Waals surface area contributed by atoms with E-state index in [0.717, 1.165) is 31.5 Å². The molecule has 0 atom stereocenters. The average molecular weight is 259 g/mol. The smallest absolute Gasteiger partial charge is 0.191 e. The van der Waals surface area contributed by atoms with Gasteiger partial charge in [-0.25, -0.2) is 0 Å². The molecule has 0 amide bonds. The highest BCUT2D eigenvalue weighted by atomic mass is 32.2. The lowest BCUT2D eigenvalue weighted by Gasteiger charge is -2.28. The van der Waals surface area contributed by atoms with Crippen molar-refractivity contribution in [3.8, 4) is 0 Å². The van der Waals surface area contributed by atoms with E-state index in [0.29, 0.717) is 0 Å². The van der Waals surface area contributed by atoms with Gasteiger partial charge in [0.05, 0.1) is 0 Å². The molecule has 2 saturated heterocycles. The van der Waals surface area contributed by atoms with Crippen molar-refractivity contribution in [3.63, 3.8) is 0 Å². The molecule has 16 heavy (non-hydrogen) atoms. The van der Waals surface area contributed by atoms with E-state index in [1.54, 1.807) is 0 Å². The van der Waals surface area contributed by atoms with Crippen LogP contribution in [0, 0.1) is 5.92 Å². The Hall–Kier alpha value is -0.0300. The molecule has 0 aromatic heterocycles. The van der Waals surface area contributed by atoms with Crippen molar-refractivity contribution in [1.29, 1.82) is 0 Å². The molecule has 0 radical (unpaired) electrons. The highest BCUT2D eigenvalue weighted by molar-refractivity contribution is 7.99. The summed E-state index contributed by atoms with van der Waals surface area (Å²) in [6, 6.07) is 0. The fourth-order valence-corrected chi connectivity index (χ4v) is 4.15. The third-order valence-electron chi connectivity index (χ3n) is 3.19. The molecule has 5 heteroatoms. The summed E-state index contributed by atoms with van der Waals surface area (Å²) in [6.45, 7) is 3.08. The first kappa shape index (κ1) is 12.4. The van der Waals surface area contributed by atoms with E-state index in [2.05, 4.69) is 21.7 Å². The fraction of sp³-hybridized carbons (Fsp3) is 0.909. The first-order chi connectivity index (χ1) is 7.86. The van der Waals surface area contributed by atoms with Crippen LogP contribution in [-0.2, 0) is 0 Å². The third kappa shape index (κ3) is 3.77. The topological polar surface area (TPSA) is 41.6 Å². The molecule has 0 spiro atoms. The number of guanidine groups is 1. The maximum atomic E-state index is 6.03. The molecule has 0 aromatic rings. The van der Waals surface area contributed by atoms with Gasteiger partial charge in [0, 0.05) is 31.1 Å². The van der Waals surface area contributed by atoms with Crippen LogP contribution >= 0.6 is 23.5 Å². The highest BCUT2D eigenvalue weighted by Crippen LogP contribution is 2.22. The van der Waals surface area contributed by atoms with Crippen LogP contribution in [0.25, 0.3) is 0 Å². The van der Waals surface area contributed by atoms with E-state index in [1.165, 1.54) is 35.9 Å². The molecule has 0 aromatic carbocycles. The number of aliphatic imine (C=N–C) groups is 1. The number of hydrogen-bond donors (Lipinski definition) is 1. The van der Waals surface area contributed by atoms with Gasteiger partial charge in [-0.05, 0) is 30.3 Å². The minimum absolute atomic E-state index is 0.776. The normalized spacial score (nSPS) is 24.8. The molecule has 0 bridgehead atoms. The van der Waals surface area contributed by atoms with Gasteiger partial charge in [-0.2, -0.15) is 23.5 Å². The van der Waals surface area contributed by atoms with E-state index < -0.39 is 0 Å². The largest absolute Gasteiger partial charge is 0.370 e. The Morgan fingerprint density at radius 1 is 1.12 bits per heavy atom. The van der Waals surface area contributed by atoms with Gasteiger partial charge in [-0.1, -0.05) is 0 Å². The van der Waals surface area contributed by atoms with Crippen LogP contribution in [0.5, 0.6) is 0 Å². The summed E-state index contributed by atoms with van der Waals surface area (Å²) in [5, 5.41) is 0. The Bertz CT molecular complexity index is 233. The van der Waals surface area contributed by atoms with E-state index in [4.69, 9.17) is 5.73 Å². The van der Waals surface area contributed by atoms with E-state index in [-0.39, 0.29) is 0 Å². The standard InChI is InChI=1S/C11H21N3S2/c12-11(14-3-7-16-8-4-14)13-9-10-1-5-15-6-2-10/h10H,1-9H2,(H2,12,13). The Balaban J connectivity index is 1.76. The van der Waals surface area contributed by atoms with Gasteiger partial charge >= 0.3 is 0 Å². The lowest BCUT2D eigenvalue weighted by atomic mass is 10.0. The molecule has 0 aliphatic carbocycles. The lowest BCUT2D eigenvalue weighted by molar-refractivity contribution is 0.447. The van der Waals surface area contributed by atoms with Gasteiger partial charge in [0.2, 0.25) is 0 Å². The average Bonchev–Trinajstić information content (AvgIpc) is 2.38. The summed E-state index contributed by atoms with van der Waals surface area (Å²) in [5.41, 5.74) is 6.03. The van der Waals surface area contributed by atoms with Gasteiger partial charge in [0.25, 0.3) is 0 Å². The van der Waals surface area contributed by atoms with Gasteiger partial charge in [0.15, 0.2) is 5.96 Å². The maximum Gasteiger partial charge on any atom is 0.191 e. The van der Waals surface area contributed by atoms with Crippen LogP contribution in [0.3, 0.4) is 0 Å². The summed E-state index contributed by atoms with van der Waals surface area (Å²) < 4.78 is 0. The molecule has 2 fully saturated rings. The van der Waals surface area contributed by atoms with Gasteiger partial charge in [-0.15, -0.1) is 0 Å². The van der Waals surface area contributed by atoms with Crippen molar-refractivity contribution in [2.24, 2.45) is 16.6 Å². The zero-order valence-electron chi connectivity index (χ0n) is 9.73. The Labute approximate surface area is 107 Å². The molecule has 2 rings (SSSR count). The minimum atomic E-state index is 0.776. The minimum Gasteiger partial charge on any atom is -0.370 e. The quantitative estimate of drug-likeness (QED) is 0.603. The number of thioether (sulfide) groups is 2. The molecule has 2 aliphatic heterocycles. The summed E-state index contributed by atoms with van der Waals surface area (Å²) in [5.74, 6) is 6.55. The molecular weight excluding hydrogens is 238 g/mol. The molecule has 0 saturated carbocycles. The van der Waals surface area contributed by atoms with Crippen LogP contribution in [0.15, 0.2) is 4.99 Å². The second-order valence-corrected chi connectivity index (χ2v) is 6.80. The van der Waals surface area contributed by atoms with E-state index in [1.807, 2.05) is 11.8 Å². The van der Waals surface area contributed by atoms with E-state index in [9.17, 15) is 0 Å². The predicted molar refractivity (Wildman–Crippen MR) is 75.4 cm³/mol. The Kier molecular flexibility index (Phi) is 5.16. The molecule has 2 aliphatic rings. The van der Waals surface area contributed by atoms with Crippen molar-refractivity contribution in [1.82, 2.24) is 4.90 Å². The first-order valence-corrected chi connectivity index (χ1v) is 8.37. The predicted octanol–water partition coefficient (Wildman–Crippen LogP) is 1.49. The van der Waals surface area contributed by atoms with Gasteiger partial charge in [0.1, 0.15) is 0 Å². The molecule has 92 valence electrons. The van der Waals surface area contributed by atoms with Gasteiger partial charge < -0.3 is 10.6 Å². The zero-order valence-corrected chi connectivity index (χ0v) is 11.4. The van der Waals surface area contributed by atoms with Crippen LogP contribution in [0.2, 0.25) is 0 Å². The molecular formula is C11H21N3S2. The summed E-state index contributed by atoms with van der Waals surface area (Å²) >= 11 is 4.08. The maximum absolute atomic E-state index is 6.03. The van der Waals surface area contributed by atoms with Crippen molar-refractivity contribution in [2.75, 3.05) is 42.6 Å². The Morgan fingerprint density at radius 2 is 1.75 bits per heavy atom. The number of nitrogens with zero attached hydrogens (tertiary/aromatic N) is 2. The molecule has 0 unspecified atom stereocenters.